The summed E-state index contributed by atoms with van der Waals surface area (Å²) in [6, 6.07) is 38.4. The molecule has 6 aromatic rings. The highest BCUT2D eigenvalue weighted by atomic mass is 32.2. The number of H-pyrrole nitrogens is 1. The number of carbonyl (C=O) groups excluding carboxylic acids is 1. The minimum atomic E-state index is -3.98. The topological polar surface area (TPSA) is 156 Å². The molecule has 0 radical (unpaired) electrons. The van der Waals surface area contributed by atoms with Gasteiger partial charge in [0.25, 0.3) is 0 Å². The van der Waals surface area contributed by atoms with Gasteiger partial charge in [0.15, 0.2) is 11.4 Å². The van der Waals surface area contributed by atoms with Crippen molar-refractivity contribution in [2.75, 3.05) is 5.75 Å². The molecule has 1 aromatic heterocycles. The fourth-order valence-electron chi connectivity index (χ4n) is 6.55. The number of hydrogen-bond donors (Lipinski definition) is 4. The number of aliphatic hydroxyl groups is 1. The van der Waals surface area contributed by atoms with Crippen molar-refractivity contribution in [3.63, 3.8) is 0 Å². The van der Waals surface area contributed by atoms with Crippen LogP contribution in [0.25, 0.3) is 11.1 Å². The Labute approximate surface area is 331 Å². The number of carbonyl (C=O) groups is 1. The van der Waals surface area contributed by atoms with Crippen molar-refractivity contribution in [1.29, 1.82) is 0 Å². The molecule has 13 heteroatoms. The number of rotatable bonds is 15. The molecule has 11 nitrogen and oxygen atoms in total. The molecule has 5 aromatic carbocycles. The Balaban J connectivity index is 1.06. The standard InChI is InChI=1S/C43H43N5O6S2/c1-29-11-21-37(22-12-29)56(51,52)48-39(23-30-7-3-2-4-8-30)41(50)44-25-35-9-5-6-10-38(35)32-17-19-34(20-18-32)42-53-36(27-55-43-45-28-46-47-43)24-40(54-42)33-15-13-31(26-49)14-16-33/h2-22,28,36,39-40,42,48-49H,23-27H2,1H3,(H,44,50)(H,45,46,47)/t36-,39+,40+,42+/m0/s1. The van der Waals surface area contributed by atoms with Crippen molar-refractivity contribution in [3.05, 3.63) is 167 Å². The quantitative estimate of drug-likeness (QED) is 0.0821. The van der Waals surface area contributed by atoms with Gasteiger partial charge in [0.1, 0.15) is 12.4 Å². The molecule has 1 aliphatic heterocycles. The number of thioether (sulfide) groups is 1. The Bertz CT molecular complexity index is 2290. The summed E-state index contributed by atoms with van der Waals surface area (Å²) >= 11 is 1.54. The molecule has 4 N–H and O–H groups in total. The van der Waals surface area contributed by atoms with E-state index in [1.807, 2.05) is 110 Å². The van der Waals surface area contributed by atoms with Gasteiger partial charge >= 0.3 is 0 Å². The summed E-state index contributed by atoms with van der Waals surface area (Å²) in [6.45, 7) is 2.04. The minimum absolute atomic E-state index is 0.0271. The first-order valence-electron chi connectivity index (χ1n) is 18.3. The Morgan fingerprint density at radius 2 is 1.59 bits per heavy atom. The molecule has 0 spiro atoms. The number of aromatic amines is 1. The second-order valence-electron chi connectivity index (χ2n) is 13.6. The van der Waals surface area contributed by atoms with Gasteiger partial charge in [0.2, 0.25) is 15.9 Å². The van der Waals surface area contributed by atoms with Gasteiger partial charge in [-0.05, 0) is 58.9 Å². The van der Waals surface area contributed by atoms with Crippen LogP contribution in [0.5, 0.6) is 0 Å². The molecule has 0 bridgehead atoms. The summed E-state index contributed by atoms with van der Waals surface area (Å²) in [6.07, 6.45) is 1.32. The highest BCUT2D eigenvalue weighted by Gasteiger charge is 2.33. The van der Waals surface area contributed by atoms with Crippen LogP contribution in [0.15, 0.2) is 144 Å². The second kappa shape index (κ2) is 18.2. The SMILES string of the molecule is Cc1ccc(S(=O)(=O)N[C@H](Cc2ccccc2)C(=O)NCc2ccccc2-c2ccc([C@@H]3O[C@H](CSc4ncn[nH]4)C[C@H](c4ccc(CO)cc4)O3)cc2)cc1. The van der Waals surface area contributed by atoms with Gasteiger partial charge in [0, 0.05) is 24.3 Å². The number of sulfonamides is 1. The van der Waals surface area contributed by atoms with E-state index < -0.39 is 28.3 Å². The zero-order chi connectivity index (χ0) is 38.9. The summed E-state index contributed by atoms with van der Waals surface area (Å²) in [7, 11) is -3.98. The summed E-state index contributed by atoms with van der Waals surface area (Å²) in [5.74, 6) is 0.217. The zero-order valence-corrected chi connectivity index (χ0v) is 32.4. The van der Waals surface area contributed by atoms with Crippen LogP contribution in [-0.4, -0.2) is 52.5 Å². The molecule has 0 aliphatic carbocycles. The molecular formula is C43H43N5O6S2. The van der Waals surface area contributed by atoms with Crippen LogP contribution in [-0.2, 0) is 43.9 Å². The first kappa shape index (κ1) is 39.1. The van der Waals surface area contributed by atoms with Crippen LogP contribution in [0.2, 0.25) is 0 Å². The van der Waals surface area contributed by atoms with E-state index >= 15 is 0 Å². The highest BCUT2D eigenvalue weighted by molar-refractivity contribution is 7.99. The molecule has 1 aliphatic rings. The molecular weight excluding hydrogens is 747 g/mol. The smallest absolute Gasteiger partial charge is 0.241 e. The summed E-state index contributed by atoms with van der Waals surface area (Å²) in [4.78, 5) is 18.1. The maximum atomic E-state index is 13.8. The van der Waals surface area contributed by atoms with E-state index in [0.29, 0.717) is 12.2 Å². The van der Waals surface area contributed by atoms with Crippen LogP contribution < -0.4 is 10.0 Å². The molecule has 4 atom stereocenters. The molecule has 56 heavy (non-hydrogen) atoms. The Morgan fingerprint density at radius 1 is 0.875 bits per heavy atom. The molecule has 1 fully saturated rings. The van der Waals surface area contributed by atoms with E-state index in [1.54, 1.807) is 12.1 Å². The number of aromatic nitrogens is 3. The molecule has 0 unspecified atom stereocenters. The molecule has 2 heterocycles. The van der Waals surface area contributed by atoms with Gasteiger partial charge < -0.3 is 19.9 Å². The van der Waals surface area contributed by atoms with Crippen LogP contribution >= 0.6 is 11.8 Å². The lowest BCUT2D eigenvalue weighted by Crippen LogP contribution is -2.47. The first-order valence-corrected chi connectivity index (χ1v) is 20.8. The van der Waals surface area contributed by atoms with Crippen molar-refractivity contribution in [1.82, 2.24) is 25.2 Å². The predicted octanol–water partition coefficient (Wildman–Crippen LogP) is 6.82. The van der Waals surface area contributed by atoms with Gasteiger partial charge in [-0.2, -0.15) is 9.82 Å². The van der Waals surface area contributed by atoms with Gasteiger partial charge in [-0.25, -0.2) is 13.4 Å². The van der Waals surface area contributed by atoms with Gasteiger partial charge in [-0.15, -0.1) is 0 Å². The lowest BCUT2D eigenvalue weighted by molar-refractivity contribution is -0.245. The number of amides is 1. The average Bonchev–Trinajstić information content (AvgIpc) is 3.76. The third kappa shape index (κ3) is 9.98. The lowest BCUT2D eigenvalue weighted by atomic mass is 9.97. The number of aryl methyl sites for hydroxylation is 1. The number of nitrogens with one attached hydrogen (secondary N) is 3. The zero-order valence-electron chi connectivity index (χ0n) is 30.7. The summed E-state index contributed by atoms with van der Waals surface area (Å²) < 4.78 is 42.5. The van der Waals surface area contributed by atoms with E-state index in [1.165, 1.54) is 30.2 Å². The first-order chi connectivity index (χ1) is 27.2. The van der Waals surface area contributed by atoms with Crippen LogP contribution in [0.1, 0.15) is 52.2 Å². The number of ether oxygens (including phenoxy) is 2. The van der Waals surface area contributed by atoms with E-state index in [9.17, 15) is 18.3 Å². The van der Waals surface area contributed by atoms with E-state index in [0.717, 1.165) is 49.7 Å². The van der Waals surface area contributed by atoms with Crippen LogP contribution in [0, 0.1) is 6.92 Å². The number of nitrogens with zero attached hydrogens (tertiary/aromatic N) is 2. The maximum absolute atomic E-state index is 13.8. The largest absolute Gasteiger partial charge is 0.392 e. The molecule has 1 saturated heterocycles. The monoisotopic (exact) mass is 789 g/mol. The average molecular weight is 790 g/mol. The third-order valence-electron chi connectivity index (χ3n) is 9.61. The normalized spacial score (nSPS) is 17.6. The number of benzene rings is 5. The summed E-state index contributed by atoms with van der Waals surface area (Å²) in [5.41, 5.74) is 7.19. The van der Waals surface area contributed by atoms with Gasteiger partial charge in [-0.1, -0.05) is 133 Å². The second-order valence-corrected chi connectivity index (χ2v) is 16.3. The number of hydrogen-bond acceptors (Lipinski definition) is 9. The predicted molar refractivity (Wildman–Crippen MR) is 215 cm³/mol. The fraction of sp³-hybridized carbons (Fsp3) is 0.233. The molecule has 0 saturated carbocycles. The Kier molecular flexibility index (Phi) is 12.7. The molecule has 1 amide bonds. The van der Waals surface area contributed by atoms with Crippen LogP contribution in [0.3, 0.4) is 0 Å². The Morgan fingerprint density at radius 3 is 2.30 bits per heavy atom. The van der Waals surface area contributed by atoms with Gasteiger partial charge in [0.05, 0.1) is 23.7 Å². The van der Waals surface area contributed by atoms with E-state index in [4.69, 9.17) is 9.47 Å². The maximum Gasteiger partial charge on any atom is 0.241 e. The van der Waals surface area contributed by atoms with Crippen molar-refractivity contribution in [2.24, 2.45) is 0 Å². The van der Waals surface area contributed by atoms with Crippen molar-refractivity contribution >= 4 is 27.7 Å². The summed E-state index contributed by atoms with van der Waals surface area (Å²) in [5, 5.41) is 20.1. The highest BCUT2D eigenvalue weighted by Crippen LogP contribution is 2.40. The van der Waals surface area contributed by atoms with Gasteiger partial charge in [-0.3, -0.25) is 9.89 Å². The van der Waals surface area contributed by atoms with E-state index in [2.05, 4.69) is 25.2 Å². The van der Waals surface area contributed by atoms with E-state index in [-0.39, 0.29) is 36.7 Å². The fourth-order valence-corrected chi connectivity index (χ4v) is 8.54. The third-order valence-corrected chi connectivity index (χ3v) is 12.1. The Hall–Kier alpha value is -5.15. The van der Waals surface area contributed by atoms with Crippen molar-refractivity contribution < 1.29 is 27.8 Å². The van der Waals surface area contributed by atoms with Crippen molar-refractivity contribution in [2.45, 2.75) is 67.5 Å². The lowest BCUT2D eigenvalue weighted by Gasteiger charge is -2.36. The van der Waals surface area contributed by atoms with Crippen LogP contribution in [0.4, 0.5) is 0 Å². The molecule has 7 rings (SSSR count). The van der Waals surface area contributed by atoms with Crippen molar-refractivity contribution in [3.8, 4) is 11.1 Å². The number of aliphatic hydroxyl groups excluding tert-OH is 1. The minimum Gasteiger partial charge on any atom is -0.392 e. The molecule has 288 valence electrons.